The number of benzene rings is 3. The predicted molar refractivity (Wildman–Crippen MR) is 144 cm³/mol. The normalized spacial score (nSPS) is 10.9. The number of para-hydroxylation sites is 3. The summed E-state index contributed by atoms with van der Waals surface area (Å²) in [6.45, 7) is 4.36. The second-order valence-electron chi connectivity index (χ2n) is 8.78. The van der Waals surface area contributed by atoms with Gasteiger partial charge < -0.3 is 19.4 Å². The number of carbonyl (C=O) groups is 1. The number of imidazole rings is 1. The molecule has 6 heteroatoms. The fraction of sp³-hybridized carbons (Fsp3) is 0.333. The molecule has 0 saturated heterocycles. The molecule has 0 radical (unpaired) electrons. The first-order valence-electron chi connectivity index (χ1n) is 12.8. The van der Waals surface area contributed by atoms with Crippen LogP contribution in [0.1, 0.15) is 37.6 Å². The van der Waals surface area contributed by atoms with Crippen LogP contribution >= 0.6 is 0 Å². The zero-order valence-electron chi connectivity index (χ0n) is 21.0. The van der Waals surface area contributed by atoms with Gasteiger partial charge in [0.1, 0.15) is 17.3 Å². The Labute approximate surface area is 213 Å². The van der Waals surface area contributed by atoms with Gasteiger partial charge in [0.25, 0.3) is 5.91 Å². The fourth-order valence-corrected chi connectivity index (χ4v) is 4.14. The van der Waals surface area contributed by atoms with Crippen LogP contribution in [0, 0.1) is 0 Å². The van der Waals surface area contributed by atoms with E-state index in [9.17, 15) is 4.79 Å². The highest BCUT2D eigenvalue weighted by molar-refractivity contribution is 5.77. The summed E-state index contributed by atoms with van der Waals surface area (Å²) in [5.41, 5.74) is 3.49. The van der Waals surface area contributed by atoms with Crippen molar-refractivity contribution in [2.45, 2.75) is 45.6 Å². The Kier molecular flexibility index (Phi) is 9.37. The molecule has 3 aromatic carbocycles. The van der Waals surface area contributed by atoms with Crippen molar-refractivity contribution in [3.8, 4) is 11.5 Å². The van der Waals surface area contributed by atoms with Crippen molar-refractivity contribution in [1.82, 2.24) is 14.9 Å². The number of hydrogen-bond acceptors (Lipinski definition) is 4. The van der Waals surface area contributed by atoms with Gasteiger partial charge in [0.15, 0.2) is 6.61 Å². The molecule has 0 spiro atoms. The number of nitrogens with one attached hydrogen (secondary N) is 1. The molecule has 1 N–H and O–H groups in total. The Balaban J connectivity index is 1.22. The average molecular weight is 486 g/mol. The number of aryl methyl sites for hydroxylation is 3. The highest BCUT2D eigenvalue weighted by Crippen LogP contribution is 2.19. The van der Waals surface area contributed by atoms with Gasteiger partial charge in [-0.3, -0.25) is 4.79 Å². The minimum absolute atomic E-state index is 0.0212. The molecule has 0 bridgehead atoms. The van der Waals surface area contributed by atoms with Gasteiger partial charge in [0, 0.05) is 19.5 Å². The number of ether oxygens (including phenoxy) is 2. The number of hydrogen-bond donors (Lipinski definition) is 1. The number of amides is 1. The lowest BCUT2D eigenvalue weighted by atomic mass is 10.2. The summed E-state index contributed by atoms with van der Waals surface area (Å²) < 4.78 is 13.7. The molecule has 188 valence electrons. The molecule has 0 aliphatic rings. The molecule has 0 saturated carbocycles. The third-order valence-electron chi connectivity index (χ3n) is 6.12. The molecule has 0 unspecified atom stereocenters. The smallest absolute Gasteiger partial charge is 0.257 e. The van der Waals surface area contributed by atoms with E-state index in [1.165, 1.54) is 5.56 Å². The van der Waals surface area contributed by atoms with Crippen LogP contribution in [0.25, 0.3) is 11.0 Å². The number of fused-ring (bicyclic) bond motifs is 1. The Morgan fingerprint density at radius 1 is 0.861 bits per heavy atom. The van der Waals surface area contributed by atoms with Gasteiger partial charge in [0.2, 0.25) is 0 Å². The zero-order chi connectivity index (χ0) is 25.0. The van der Waals surface area contributed by atoms with Gasteiger partial charge in [0.05, 0.1) is 17.6 Å². The summed E-state index contributed by atoms with van der Waals surface area (Å²) in [6.07, 6.45) is 4.63. The monoisotopic (exact) mass is 485 g/mol. The molecule has 0 atom stereocenters. The lowest BCUT2D eigenvalue weighted by Crippen LogP contribution is -2.30. The maximum absolute atomic E-state index is 12.1. The molecule has 0 aliphatic heterocycles. The molecule has 4 aromatic rings. The molecule has 1 aromatic heterocycles. The van der Waals surface area contributed by atoms with E-state index in [2.05, 4.69) is 47.1 Å². The largest absolute Gasteiger partial charge is 0.494 e. The Hall–Kier alpha value is -3.80. The zero-order valence-corrected chi connectivity index (χ0v) is 21.0. The van der Waals surface area contributed by atoms with Crippen LogP contribution in [0.15, 0.2) is 78.9 Å². The number of unbranched alkanes of at least 4 members (excludes halogenated alkanes) is 1. The van der Waals surface area contributed by atoms with Crippen LogP contribution in [-0.4, -0.2) is 35.2 Å². The average Bonchev–Trinajstić information content (AvgIpc) is 3.28. The van der Waals surface area contributed by atoms with Crippen molar-refractivity contribution in [3.63, 3.8) is 0 Å². The molecule has 36 heavy (non-hydrogen) atoms. The van der Waals surface area contributed by atoms with Crippen LogP contribution in [-0.2, 0) is 24.2 Å². The van der Waals surface area contributed by atoms with Gasteiger partial charge in [-0.15, -0.1) is 0 Å². The van der Waals surface area contributed by atoms with Gasteiger partial charge in [-0.2, -0.15) is 0 Å². The fourth-order valence-electron chi connectivity index (χ4n) is 4.14. The Morgan fingerprint density at radius 3 is 2.42 bits per heavy atom. The standard InChI is InChI=1S/C30H35N3O3/c1-2-24-16-18-26(19-17-24)35-22-9-8-21-33-28-14-7-6-13-27(28)32-29(33)15-10-20-31-30(34)23-36-25-11-4-3-5-12-25/h3-7,11-14,16-19H,2,8-10,15,20-23H2,1H3,(H,31,34). The van der Waals surface area contributed by atoms with E-state index in [4.69, 9.17) is 14.5 Å². The van der Waals surface area contributed by atoms with Crippen molar-refractivity contribution in [1.29, 1.82) is 0 Å². The summed E-state index contributed by atoms with van der Waals surface area (Å²) >= 11 is 0. The van der Waals surface area contributed by atoms with Crippen LogP contribution in [0.3, 0.4) is 0 Å². The van der Waals surface area contributed by atoms with Crippen LogP contribution in [0.2, 0.25) is 0 Å². The Morgan fingerprint density at radius 2 is 1.61 bits per heavy atom. The lowest BCUT2D eigenvalue weighted by Gasteiger charge is -2.11. The number of carbonyl (C=O) groups excluding carboxylic acids is 1. The molecular formula is C30H35N3O3. The van der Waals surface area contributed by atoms with E-state index in [-0.39, 0.29) is 12.5 Å². The summed E-state index contributed by atoms with van der Waals surface area (Å²) in [7, 11) is 0. The molecule has 0 aliphatic carbocycles. The third kappa shape index (κ3) is 7.35. The second-order valence-corrected chi connectivity index (χ2v) is 8.78. The summed E-state index contributed by atoms with van der Waals surface area (Å²) in [6, 6.07) is 26.0. The van der Waals surface area contributed by atoms with E-state index < -0.39 is 0 Å². The van der Waals surface area contributed by atoms with Gasteiger partial charge in [-0.25, -0.2) is 4.98 Å². The van der Waals surface area contributed by atoms with Gasteiger partial charge in [-0.1, -0.05) is 49.4 Å². The van der Waals surface area contributed by atoms with E-state index in [0.29, 0.717) is 18.9 Å². The SMILES string of the molecule is CCc1ccc(OCCCCn2c(CCCNC(=O)COc3ccccc3)nc3ccccc32)cc1. The first-order valence-corrected chi connectivity index (χ1v) is 12.8. The van der Waals surface area contributed by atoms with Crippen LogP contribution in [0.4, 0.5) is 0 Å². The minimum atomic E-state index is -0.114. The van der Waals surface area contributed by atoms with E-state index >= 15 is 0 Å². The summed E-state index contributed by atoms with van der Waals surface area (Å²) in [4.78, 5) is 17.0. The van der Waals surface area contributed by atoms with Gasteiger partial charge >= 0.3 is 0 Å². The molecular weight excluding hydrogens is 450 g/mol. The molecule has 4 rings (SSSR count). The summed E-state index contributed by atoms with van der Waals surface area (Å²) in [5, 5.41) is 2.94. The maximum atomic E-state index is 12.1. The maximum Gasteiger partial charge on any atom is 0.257 e. The molecule has 6 nitrogen and oxygen atoms in total. The first-order chi connectivity index (χ1) is 17.7. The van der Waals surface area contributed by atoms with Crippen molar-refractivity contribution < 1.29 is 14.3 Å². The lowest BCUT2D eigenvalue weighted by molar-refractivity contribution is -0.123. The molecule has 1 amide bonds. The van der Waals surface area contributed by atoms with Crippen molar-refractivity contribution in [2.75, 3.05) is 19.8 Å². The highest BCUT2D eigenvalue weighted by atomic mass is 16.5. The summed E-state index contributed by atoms with van der Waals surface area (Å²) in [5.74, 6) is 2.57. The first kappa shape index (κ1) is 25.3. The topological polar surface area (TPSA) is 65.4 Å². The van der Waals surface area contributed by atoms with Crippen molar-refractivity contribution in [3.05, 3.63) is 90.3 Å². The second kappa shape index (κ2) is 13.3. The number of nitrogens with zero attached hydrogens (tertiary/aromatic N) is 2. The van der Waals surface area contributed by atoms with Crippen LogP contribution < -0.4 is 14.8 Å². The number of aromatic nitrogens is 2. The van der Waals surface area contributed by atoms with Gasteiger partial charge in [-0.05, 0) is 67.6 Å². The molecule has 1 heterocycles. The highest BCUT2D eigenvalue weighted by Gasteiger charge is 2.10. The minimum Gasteiger partial charge on any atom is -0.494 e. The molecule has 0 fully saturated rings. The van der Waals surface area contributed by atoms with E-state index in [1.54, 1.807) is 0 Å². The van der Waals surface area contributed by atoms with E-state index in [0.717, 1.165) is 61.3 Å². The van der Waals surface area contributed by atoms with Crippen molar-refractivity contribution in [2.24, 2.45) is 0 Å². The Bertz CT molecular complexity index is 1220. The number of rotatable bonds is 14. The van der Waals surface area contributed by atoms with Crippen molar-refractivity contribution >= 4 is 16.9 Å². The predicted octanol–water partition coefficient (Wildman–Crippen LogP) is 5.59. The quantitative estimate of drug-likeness (QED) is 0.237. The third-order valence-corrected chi connectivity index (χ3v) is 6.12. The van der Waals surface area contributed by atoms with E-state index in [1.807, 2.05) is 48.5 Å². The van der Waals surface area contributed by atoms with Crippen LogP contribution in [0.5, 0.6) is 11.5 Å².